The third-order valence-corrected chi connectivity index (χ3v) is 4.01. The van der Waals surface area contributed by atoms with Gasteiger partial charge in [-0.25, -0.2) is 0 Å². The van der Waals surface area contributed by atoms with Crippen LogP contribution in [0.3, 0.4) is 0 Å². The van der Waals surface area contributed by atoms with Crippen LogP contribution in [-0.2, 0) is 20.7 Å². The summed E-state index contributed by atoms with van der Waals surface area (Å²) in [6.07, 6.45) is 0.116. The molecule has 154 valence electrons. The molecule has 9 heteroatoms. The lowest BCUT2D eigenvalue weighted by Crippen LogP contribution is -2.34. The molecule has 0 aliphatic carbocycles. The van der Waals surface area contributed by atoms with Crippen LogP contribution in [-0.4, -0.2) is 41.6 Å². The Balaban J connectivity index is 1.43. The molecule has 0 atom stereocenters. The largest absolute Gasteiger partial charge is 0.496 e. The molecule has 3 aromatic rings. The highest BCUT2D eigenvalue weighted by Gasteiger charge is 2.16. The highest BCUT2D eigenvalue weighted by molar-refractivity contribution is 6.06. The zero-order valence-electron chi connectivity index (χ0n) is 16.2. The van der Waals surface area contributed by atoms with Crippen molar-refractivity contribution >= 4 is 17.8 Å². The van der Waals surface area contributed by atoms with E-state index in [1.54, 1.807) is 18.2 Å². The van der Waals surface area contributed by atoms with E-state index in [1.807, 2.05) is 30.3 Å². The number of esters is 1. The molecule has 1 heterocycles. The number of benzene rings is 2. The van der Waals surface area contributed by atoms with E-state index in [0.717, 1.165) is 5.56 Å². The fourth-order valence-corrected chi connectivity index (χ4v) is 2.55. The van der Waals surface area contributed by atoms with Crippen LogP contribution in [0.1, 0.15) is 22.7 Å². The molecule has 2 aromatic carbocycles. The number of aromatic nitrogens is 2. The van der Waals surface area contributed by atoms with Crippen molar-refractivity contribution in [3.05, 3.63) is 66.1 Å². The normalized spacial score (nSPS) is 10.3. The zero-order valence-corrected chi connectivity index (χ0v) is 16.2. The maximum absolute atomic E-state index is 12.1. The van der Waals surface area contributed by atoms with Gasteiger partial charge in [0.15, 0.2) is 6.61 Å². The highest BCUT2D eigenvalue weighted by atomic mass is 16.5. The summed E-state index contributed by atoms with van der Waals surface area (Å²) in [5.74, 6) is -0.991. The number of hydrogen-bond donors (Lipinski definition) is 1. The van der Waals surface area contributed by atoms with Gasteiger partial charge in [-0.05, 0) is 12.1 Å². The fraction of sp³-hybridized carbons (Fsp3) is 0.190. The summed E-state index contributed by atoms with van der Waals surface area (Å²) in [4.78, 5) is 40.1. The Bertz CT molecular complexity index is 1030. The Kier molecular flexibility index (Phi) is 6.88. The number of ether oxygens (including phenoxy) is 2. The van der Waals surface area contributed by atoms with Crippen LogP contribution in [0.25, 0.3) is 11.4 Å². The van der Waals surface area contributed by atoms with Gasteiger partial charge in [-0.1, -0.05) is 47.6 Å². The summed E-state index contributed by atoms with van der Waals surface area (Å²) in [6.45, 7) is -0.585. The van der Waals surface area contributed by atoms with Crippen LogP contribution >= 0.6 is 0 Å². The standard InChI is InChI=1S/C21H19N3O6/c1-28-16-10-6-5-9-15(16)21(27)22-17(25)13-29-19(26)12-11-18-23-20(24-30-18)14-7-3-2-4-8-14/h2-10H,11-13H2,1H3,(H,22,25,27). The number of aryl methyl sites for hydroxylation is 1. The smallest absolute Gasteiger partial charge is 0.306 e. The third kappa shape index (κ3) is 5.51. The molecule has 0 spiro atoms. The second-order valence-electron chi connectivity index (χ2n) is 6.12. The molecule has 0 saturated carbocycles. The highest BCUT2D eigenvalue weighted by Crippen LogP contribution is 2.17. The van der Waals surface area contributed by atoms with Crippen molar-refractivity contribution in [1.29, 1.82) is 0 Å². The van der Waals surface area contributed by atoms with Crippen LogP contribution < -0.4 is 10.1 Å². The van der Waals surface area contributed by atoms with Gasteiger partial charge in [0.05, 0.1) is 19.1 Å². The minimum atomic E-state index is -0.747. The van der Waals surface area contributed by atoms with E-state index >= 15 is 0 Å². The first-order valence-electron chi connectivity index (χ1n) is 9.07. The summed E-state index contributed by atoms with van der Waals surface area (Å²) >= 11 is 0. The molecule has 3 rings (SSSR count). The topological polar surface area (TPSA) is 121 Å². The van der Waals surface area contributed by atoms with E-state index in [9.17, 15) is 14.4 Å². The predicted octanol–water partition coefficient (Wildman–Crippen LogP) is 2.18. The monoisotopic (exact) mass is 409 g/mol. The van der Waals surface area contributed by atoms with Crippen LogP contribution in [0.2, 0.25) is 0 Å². The number of amides is 2. The lowest BCUT2D eigenvalue weighted by molar-refractivity contribution is -0.148. The number of nitrogens with zero attached hydrogens (tertiary/aromatic N) is 2. The molecule has 30 heavy (non-hydrogen) atoms. The predicted molar refractivity (Wildman–Crippen MR) is 104 cm³/mol. The second-order valence-corrected chi connectivity index (χ2v) is 6.12. The SMILES string of the molecule is COc1ccccc1C(=O)NC(=O)COC(=O)CCc1nc(-c2ccccc2)no1. The molecule has 0 bridgehead atoms. The molecule has 0 aliphatic rings. The quantitative estimate of drug-likeness (QED) is 0.562. The Morgan fingerprint density at radius 3 is 2.53 bits per heavy atom. The van der Waals surface area contributed by atoms with Crippen molar-refractivity contribution in [2.75, 3.05) is 13.7 Å². The second kappa shape index (κ2) is 9.97. The maximum atomic E-state index is 12.1. The van der Waals surface area contributed by atoms with Crippen LogP contribution in [0.15, 0.2) is 59.1 Å². The van der Waals surface area contributed by atoms with Crippen molar-refractivity contribution in [2.45, 2.75) is 12.8 Å². The van der Waals surface area contributed by atoms with Gasteiger partial charge in [-0.2, -0.15) is 4.98 Å². The van der Waals surface area contributed by atoms with Gasteiger partial charge >= 0.3 is 5.97 Å². The molecular formula is C21H19N3O6. The Morgan fingerprint density at radius 2 is 1.77 bits per heavy atom. The van der Waals surface area contributed by atoms with Gasteiger partial charge in [0.1, 0.15) is 5.75 Å². The van der Waals surface area contributed by atoms with Crippen LogP contribution in [0, 0.1) is 0 Å². The molecule has 0 unspecified atom stereocenters. The minimum Gasteiger partial charge on any atom is -0.496 e. The van der Waals surface area contributed by atoms with Crippen molar-refractivity contribution in [1.82, 2.24) is 15.5 Å². The lowest BCUT2D eigenvalue weighted by Gasteiger charge is -2.08. The number of para-hydroxylation sites is 1. The number of carbonyl (C=O) groups is 3. The van der Waals surface area contributed by atoms with E-state index in [2.05, 4.69) is 15.5 Å². The fourth-order valence-electron chi connectivity index (χ4n) is 2.55. The average molecular weight is 409 g/mol. The van der Waals surface area contributed by atoms with Gasteiger partial charge in [0, 0.05) is 12.0 Å². The van der Waals surface area contributed by atoms with E-state index in [-0.39, 0.29) is 24.3 Å². The first-order valence-corrected chi connectivity index (χ1v) is 9.07. The number of rotatable bonds is 8. The van der Waals surface area contributed by atoms with Crippen molar-refractivity contribution in [2.24, 2.45) is 0 Å². The summed E-state index contributed by atoms with van der Waals surface area (Å²) < 4.78 is 15.1. The lowest BCUT2D eigenvalue weighted by atomic mass is 10.2. The van der Waals surface area contributed by atoms with Crippen molar-refractivity contribution < 1.29 is 28.4 Å². The molecule has 0 aliphatic heterocycles. The molecule has 0 saturated heterocycles. The average Bonchev–Trinajstić information content (AvgIpc) is 3.26. The van der Waals surface area contributed by atoms with E-state index < -0.39 is 24.4 Å². The van der Waals surface area contributed by atoms with Crippen LogP contribution in [0.5, 0.6) is 5.75 Å². The number of nitrogens with one attached hydrogen (secondary N) is 1. The first-order chi connectivity index (χ1) is 14.6. The summed E-state index contributed by atoms with van der Waals surface area (Å²) in [5, 5.41) is 6.01. The number of imide groups is 1. The van der Waals surface area contributed by atoms with Gasteiger partial charge < -0.3 is 14.0 Å². The molecule has 0 radical (unpaired) electrons. The zero-order chi connectivity index (χ0) is 21.3. The van der Waals surface area contributed by atoms with Crippen LogP contribution in [0.4, 0.5) is 0 Å². The molecular weight excluding hydrogens is 390 g/mol. The Hall–Kier alpha value is -4.01. The minimum absolute atomic E-state index is 0.0514. The van der Waals surface area contributed by atoms with Gasteiger partial charge in [-0.3, -0.25) is 19.7 Å². The Morgan fingerprint density at radius 1 is 1.03 bits per heavy atom. The third-order valence-electron chi connectivity index (χ3n) is 4.01. The molecule has 9 nitrogen and oxygen atoms in total. The van der Waals surface area contributed by atoms with Crippen molar-refractivity contribution in [3.63, 3.8) is 0 Å². The van der Waals surface area contributed by atoms with E-state index in [0.29, 0.717) is 11.6 Å². The van der Waals surface area contributed by atoms with E-state index in [1.165, 1.54) is 13.2 Å². The number of methoxy groups -OCH3 is 1. The van der Waals surface area contributed by atoms with E-state index in [4.69, 9.17) is 14.0 Å². The summed E-state index contributed by atoms with van der Waals surface area (Å²) in [5.41, 5.74) is 0.997. The summed E-state index contributed by atoms with van der Waals surface area (Å²) in [6, 6.07) is 15.7. The molecule has 2 amide bonds. The van der Waals surface area contributed by atoms with Gasteiger partial charge in [-0.15, -0.1) is 0 Å². The first kappa shape index (κ1) is 20.7. The molecule has 1 N–H and O–H groups in total. The molecule has 1 aromatic heterocycles. The number of carbonyl (C=O) groups excluding carboxylic acids is 3. The van der Waals surface area contributed by atoms with Gasteiger partial charge in [0.25, 0.3) is 11.8 Å². The summed E-state index contributed by atoms with van der Waals surface area (Å²) in [7, 11) is 1.42. The van der Waals surface area contributed by atoms with Gasteiger partial charge in [0.2, 0.25) is 11.7 Å². The maximum Gasteiger partial charge on any atom is 0.306 e. The number of hydrogen-bond acceptors (Lipinski definition) is 8. The molecule has 0 fully saturated rings. The Labute approximate surface area is 172 Å². The van der Waals surface area contributed by atoms with Crippen molar-refractivity contribution in [3.8, 4) is 17.1 Å².